The predicted octanol–water partition coefficient (Wildman–Crippen LogP) is 5.73. The largest absolute Gasteiger partial charge is 0.416 e. The SMILES string of the molecule is N=C1N=C(N)c2c1cc1cc(F)ccc1c2-c1cc(C(F)(F)F)cc(C(F)(F)F)c1. The summed E-state index contributed by atoms with van der Waals surface area (Å²) in [5, 5.41) is 8.27. The number of halogens is 7. The molecule has 0 radical (unpaired) electrons. The molecule has 0 amide bonds. The third-order valence-corrected chi connectivity index (χ3v) is 4.72. The fourth-order valence-corrected chi connectivity index (χ4v) is 3.47. The van der Waals surface area contributed by atoms with E-state index in [2.05, 4.69) is 4.99 Å². The maximum Gasteiger partial charge on any atom is 0.416 e. The van der Waals surface area contributed by atoms with Crippen molar-refractivity contribution in [2.24, 2.45) is 10.7 Å². The molecule has 0 spiro atoms. The Morgan fingerprint density at radius 1 is 0.800 bits per heavy atom. The number of fused-ring (bicyclic) bond motifs is 2. The van der Waals surface area contributed by atoms with Gasteiger partial charge in [0.05, 0.1) is 11.1 Å². The number of hydrogen-bond donors (Lipinski definition) is 2. The van der Waals surface area contributed by atoms with E-state index < -0.39 is 34.9 Å². The van der Waals surface area contributed by atoms with E-state index in [4.69, 9.17) is 11.1 Å². The van der Waals surface area contributed by atoms with Gasteiger partial charge < -0.3 is 5.73 Å². The summed E-state index contributed by atoms with van der Waals surface area (Å²) in [5.41, 5.74) is 2.47. The highest BCUT2D eigenvalue weighted by molar-refractivity contribution is 6.27. The molecule has 1 aliphatic heterocycles. The van der Waals surface area contributed by atoms with Gasteiger partial charge in [-0.1, -0.05) is 6.07 Å². The van der Waals surface area contributed by atoms with Gasteiger partial charge in [-0.05, 0) is 52.7 Å². The lowest BCUT2D eigenvalue weighted by Gasteiger charge is -2.18. The van der Waals surface area contributed by atoms with E-state index in [1.807, 2.05) is 0 Å². The first kappa shape index (κ1) is 19.9. The predicted molar refractivity (Wildman–Crippen MR) is 96.9 cm³/mol. The Balaban J connectivity index is 2.16. The second-order valence-electron chi connectivity index (χ2n) is 6.68. The second-order valence-corrected chi connectivity index (χ2v) is 6.68. The zero-order valence-electron chi connectivity index (χ0n) is 14.7. The number of rotatable bonds is 1. The van der Waals surface area contributed by atoms with Gasteiger partial charge in [0.1, 0.15) is 11.7 Å². The van der Waals surface area contributed by atoms with Crippen LogP contribution in [0.25, 0.3) is 21.9 Å². The quantitative estimate of drug-likeness (QED) is 0.481. The van der Waals surface area contributed by atoms with Crippen LogP contribution in [0.3, 0.4) is 0 Å². The molecule has 3 aromatic carbocycles. The number of benzene rings is 3. The van der Waals surface area contributed by atoms with Gasteiger partial charge in [-0.25, -0.2) is 9.38 Å². The van der Waals surface area contributed by atoms with Crippen LogP contribution in [0.4, 0.5) is 30.7 Å². The van der Waals surface area contributed by atoms with Crippen molar-refractivity contribution in [3.05, 3.63) is 70.5 Å². The molecule has 0 bridgehead atoms. The molecule has 0 fully saturated rings. The Bertz CT molecular complexity index is 1220. The summed E-state index contributed by atoms with van der Waals surface area (Å²) in [7, 11) is 0. The zero-order chi connectivity index (χ0) is 22.0. The average Bonchev–Trinajstić information content (AvgIpc) is 2.91. The van der Waals surface area contributed by atoms with Gasteiger partial charge >= 0.3 is 12.4 Å². The molecule has 0 atom stereocenters. The number of amidine groups is 2. The van der Waals surface area contributed by atoms with Crippen LogP contribution in [0.1, 0.15) is 22.3 Å². The number of aliphatic imine (C=N–C) groups is 1. The second kappa shape index (κ2) is 6.28. The summed E-state index contributed by atoms with van der Waals surface area (Å²) in [5.74, 6) is -1.20. The van der Waals surface area contributed by atoms with Crippen molar-refractivity contribution < 1.29 is 30.7 Å². The Morgan fingerprint density at radius 3 is 1.97 bits per heavy atom. The molecule has 3 nitrogen and oxygen atoms in total. The van der Waals surface area contributed by atoms with E-state index in [1.165, 1.54) is 12.1 Å². The molecule has 1 aliphatic rings. The molecule has 0 unspecified atom stereocenters. The molecular weight excluding hydrogens is 415 g/mol. The van der Waals surface area contributed by atoms with Gasteiger partial charge in [-0.15, -0.1) is 0 Å². The van der Waals surface area contributed by atoms with Gasteiger partial charge in [0.15, 0.2) is 5.84 Å². The minimum atomic E-state index is -5.04. The molecule has 10 heteroatoms. The van der Waals surface area contributed by atoms with Gasteiger partial charge in [-0.3, -0.25) is 5.41 Å². The number of alkyl halides is 6. The molecule has 30 heavy (non-hydrogen) atoms. The first-order valence-corrected chi connectivity index (χ1v) is 8.36. The lowest BCUT2D eigenvalue weighted by atomic mass is 9.88. The molecular formula is C20H10F7N3. The molecule has 0 saturated carbocycles. The van der Waals surface area contributed by atoms with Gasteiger partial charge in [0, 0.05) is 16.7 Å². The third kappa shape index (κ3) is 3.17. The van der Waals surface area contributed by atoms with E-state index in [0.29, 0.717) is 12.1 Å². The minimum Gasteiger partial charge on any atom is -0.383 e. The number of nitrogens with two attached hydrogens (primary N) is 1. The molecule has 1 heterocycles. The van der Waals surface area contributed by atoms with Crippen molar-refractivity contribution in [2.45, 2.75) is 12.4 Å². The topological polar surface area (TPSA) is 62.2 Å². The highest BCUT2D eigenvalue weighted by Crippen LogP contribution is 2.42. The average molecular weight is 425 g/mol. The van der Waals surface area contributed by atoms with E-state index in [1.54, 1.807) is 0 Å². The summed E-state index contributed by atoms with van der Waals surface area (Å²) in [4.78, 5) is 3.77. The summed E-state index contributed by atoms with van der Waals surface area (Å²) in [6, 6.07) is 5.88. The first-order valence-electron chi connectivity index (χ1n) is 8.36. The smallest absolute Gasteiger partial charge is 0.383 e. The van der Waals surface area contributed by atoms with Crippen molar-refractivity contribution in [1.82, 2.24) is 0 Å². The summed E-state index contributed by atoms with van der Waals surface area (Å²) < 4.78 is 93.7. The van der Waals surface area contributed by atoms with Crippen LogP contribution >= 0.6 is 0 Å². The molecule has 154 valence electrons. The van der Waals surface area contributed by atoms with Crippen LogP contribution in [0.2, 0.25) is 0 Å². The summed E-state index contributed by atoms with van der Waals surface area (Å²) >= 11 is 0. The summed E-state index contributed by atoms with van der Waals surface area (Å²) in [6.45, 7) is 0. The van der Waals surface area contributed by atoms with Crippen molar-refractivity contribution in [3.63, 3.8) is 0 Å². The highest BCUT2D eigenvalue weighted by atomic mass is 19.4. The number of nitrogens with zero attached hydrogens (tertiary/aromatic N) is 1. The summed E-state index contributed by atoms with van der Waals surface area (Å²) in [6.07, 6.45) is -10.1. The fourth-order valence-electron chi connectivity index (χ4n) is 3.47. The van der Waals surface area contributed by atoms with E-state index in [0.717, 1.165) is 12.1 Å². The van der Waals surface area contributed by atoms with Crippen molar-refractivity contribution in [3.8, 4) is 11.1 Å². The molecule has 0 saturated heterocycles. The Labute approximate surface area is 164 Å². The minimum absolute atomic E-state index is 0.0218. The third-order valence-electron chi connectivity index (χ3n) is 4.72. The zero-order valence-corrected chi connectivity index (χ0v) is 14.7. The van der Waals surface area contributed by atoms with E-state index in [9.17, 15) is 30.7 Å². The van der Waals surface area contributed by atoms with Crippen LogP contribution in [0.15, 0.2) is 47.5 Å². The maximum atomic E-state index is 13.7. The van der Waals surface area contributed by atoms with Crippen LogP contribution in [0, 0.1) is 11.2 Å². The Kier molecular flexibility index (Phi) is 4.16. The maximum absolute atomic E-state index is 13.7. The van der Waals surface area contributed by atoms with Crippen LogP contribution < -0.4 is 5.73 Å². The normalized spacial score (nSPS) is 14.2. The van der Waals surface area contributed by atoms with Crippen LogP contribution in [0.5, 0.6) is 0 Å². The molecule has 0 aliphatic carbocycles. The molecule has 4 rings (SSSR count). The fraction of sp³-hybridized carbons (Fsp3) is 0.100. The van der Waals surface area contributed by atoms with E-state index >= 15 is 0 Å². The number of nitrogens with one attached hydrogen (secondary N) is 1. The molecule has 3 aromatic rings. The van der Waals surface area contributed by atoms with Crippen molar-refractivity contribution in [1.29, 1.82) is 5.41 Å². The van der Waals surface area contributed by atoms with Gasteiger partial charge in [0.2, 0.25) is 0 Å². The molecule has 0 aromatic heterocycles. The monoisotopic (exact) mass is 425 g/mol. The number of hydrogen-bond acceptors (Lipinski definition) is 2. The lowest BCUT2D eigenvalue weighted by molar-refractivity contribution is -0.143. The van der Waals surface area contributed by atoms with Crippen molar-refractivity contribution >= 4 is 22.4 Å². The highest BCUT2D eigenvalue weighted by Gasteiger charge is 2.38. The van der Waals surface area contributed by atoms with Crippen LogP contribution in [-0.4, -0.2) is 11.7 Å². The standard InChI is InChI=1S/C20H10F7N3/c21-12-1-2-13-8(5-12)6-14-16(18(29)30-17(14)28)15(13)9-3-10(19(22,23)24)7-11(4-9)20(25,26)27/h1-7H,(H3,28,29,30). The van der Waals surface area contributed by atoms with Gasteiger partial charge in [-0.2, -0.15) is 26.3 Å². The Morgan fingerprint density at radius 2 is 1.40 bits per heavy atom. The lowest BCUT2D eigenvalue weighted by Crippen LogP contribution is -2.14. The van der Waals surface area contributed by atoms with Crippen LogP contribution in [-0.2, 0) is 12.4 Å². The van der Waals surface area contributed by atoms with Gasteiger partial charge in [0.25, 0.3) is 0 Å². The first-order chi connectivity index (χ1) is 13.9. The van der Waals surface area contributed by atoms with Crippen molar-refractivity contribution in [2.75, 3.05) is 0 Å². The Hall–Kier alpha value is -3.43. The molecule has 3 N–H and O–H groups in total. The van der Waals surface area contributed by atoms with E-state index in [-0.39, 0.29) is 45.2 Å².